The van der Waals surface area contributed by atoms with Crippen molar-refractivity contribution in [3.63, 3.8) is 0 Å². The lowest BCUT2D eigenvalue weighted by atomic mass is 9.84. The molecule has 2 saturated heterocycles. The highest BCUT2D eigenvalue weighted by Gasteiger charge is 2.33. The lowest BCUT2D eigenvalue weighted by Gasteiger charge is -2.44. The molecule has 3 atom stereocenters. The van der Waals surface area contributed by atoms with Gasteiger partial charge in [-0.1, -0.05) is 20.3 Å². The van der Waals surface area contributed by atoms with Gasteiger partial charge in [0.15, 0.2) is 6.49 Å². The molecule has 2 aliphatic heterocycles. The van der Waals surface area contributed by atoms with Crippen LogP contribution in [-0.2, 0) is 20.9 Å². The number of fused-ring (bicyclic) bond motifs is 1. The molecule has 20 heavy (non-hydrogen) atoms. The molecule has 2 fully saturated rings. The van der Waals surface area contributed by atoms with Gasteiger partial charge < -0.3 is 13.9 Å². The largest absolute Gasteiger partial charge is 0.329 e. The minimum Gasteiger partial charge on any atom is -0.329 e. The number of rotatable bonds is 6. The maximum absolute atomic E-state index is 6.05. The molecule has 5 heteroatoms. The minimum atomic E-state index is -2.05. The molecule has 3 nitrogen and oxygen atoms in total. The summed E-state index contributed by atoms with van der Waals surface area (Å²) in [4.78, 5) is 2.68. The Morgan fingerprint density at radius 2 is 1.90 bits per heavy atom. The number of hydrogen-bond acceptors (Lipinski definition) is 4. The third-order valence-electron chi connectivity index (χ3n) is 4.39. The zero-order valence-corrected chi connectivity index (χ0v) is 14.9. The molecule has 0 saturated carbocycles. The Hall–Kier alpha value is 0.530. The first-order valence-electron chi connectivity index (χ1n) is 8.08. The van der Waals surface area contributed by atoms with Gasteiger partial charge in [-0.25, -0.2) is 0 Å². The van der Waals surface area contributed by atoms with Crippen LogP contribution < -0.4 is 0 Å². The molecule has 0 aromatic rings. The topological polar surface area (TPSA) is 21.7 Å². The lowest BCUT2D eigenvalue weighted by Crippen LogP contribution is -2.49. The zero-order valence-electron chi connectivity index (χ0n) is 13.2. The van der Waals surface area contributed by atoms with E-state index >= 15 is 0 Å². The summed E-state index contributed by atoms with van der Waals surface area (Å²) in [5, 5.41) is 0. The monoisotopic (exact) mass is 319 g/mol. The molecule has 0 spiro atoms. The molecule has 118 valence electrons. The average Bonchev–Trinajstić information content (AvgIpc) is 2.43. The van der Waals surface area contributed by atoms with Crippen LogP contribution in [0.2, 0.25) is 0 Å². The second-order valence-corrected chi connectivity index (χ2v) is 10.8. The molecule has 0 aliphatic carbocycles. The van der Waals surface area contributed by atoms with Crippen molar-refractivity contribution in [1.29, 1.82) is 0 Å². The summed E-state index contributed by atoms with van der Waals surface area (Å²) >= 11 is 5.53. The van der Waals surface area contributed by atoms with Gasteiger partial charge >= 0.3 is 0 Å². The molecule has 0 aromatic carbocycles. The summed E-state index contributed by atoms with van der Waals surface area (Å²) < 4.78 is 11.9. The Kier molecular flexibility index (Phi) is 6.50. The van der Waals surface area contributed by atoms with Crippen molar-refractivity contribution in [2.45, 2.75) is 52.0 Å². The zero-order chi connectivity index (χ0) is 14.6. The Balaban J connectivity index is 1.81. The predicted octanol–water partition coefficient (Wildman–Crippen LogP) is 3.88. The van der Waals surface area contributed by atoms with Crippen LogP contribution in [0.1, 0.15) is 46.0 Å². The summed E-state index contributed by atoms with van der Waals surface area (Å²) in [5.74, 6) is 1.18. The van der Waals surface area contributed by atoms with Crippen LogP contribution in [0.15, 0.2) is 0 Å². The van der Waals surface area contributed by atoms with Crippen LogP contribution in [0.3, 0.4) is 0 Å². The number of piperidine rings is 2. The van der Waals surface area contributed by atoms with Gasteiger partial charge in [0.2, 0.25) is 0 Å². The molecule has 0 amide bonds. The van der Waals surface area contributed by atoms with Crippen LogP contribution >= 0.6 is 6.49 Å². The summed E-state index contributed by atoms with van der Waals surface area (Å²) in [6, 6.07) is 0.734. The lowest BCUT2D eigenvalue weighted by molar-refractivity contribution is 0.0355. The first kappa shape index (κ1) is 16.9. The third-order valence-corrected chi connectivity index (χ3v) is 6.26. The van der Waals surface area contributed by atoms with E-state index in [-0.39, 0.29) is 0 Å². The van der Waals surface area contributed by atoms with Gasteiger partial charge in [-0.15, -0.1) is 0 Å². The normalized spacial score (nSPS) is 31.0. The van der Waals surface area contributed by atoms with Gasteiger partial charge in [0.1, 0.15) is 0 Å². The van der Waals surface area contributed by atoms with Gasteiger partial charge in [-0.05, 0) is 62.4 Å². The van der Waals surface area contributed by atoms with Crippen LogP contribution in [-0.4, -0.2) is 43.9 Å². The van der Waals surface area contributed by atoms with Gasteiger partial charge in [-0.3, -0.25) is 0 Å². The second-order valence-electron chi connectivity index (χ2n) is 6.76. The summed E-state index contributed by atoms with van der Waals surface area (Å²) in [5.41, 5.74) is 0. The SMILES string of the molecule is CC(C)COP(C)(=S)OCC1CCCN2CCCCC12. The molecular weight excluding hydrogens is 289 g/mol. The van der Waals surface area contributed by atoms with Crippen LogP contribution in [0, 0.1) is 11.8 Å². The summed E-state index contributed by atoms with van der Waals surface area (Å²) in [6.45, 7) is 8.31. The van der Waals surface area contributed by atoms with Crippen LogP contribution in [0.5, 0.6) is 0 Å². The minimum absolute atomic E-state index is 0.518. The standard InChI is InChI=1S/C15H30NO2PS/c1-13(2)11-17-19(3,20)18-12-14-7-6-10-16-9-5-4-8-15(14)16/h13-15H,4-12H2,1-3H3. The van der Waals surface area contributed by atoms with Crippen LogP contribution in [0.25, 0.3) is 0 Å². The molecule has 0 bridgehead atoms. The smallest absolute Gasteiger partial charge is 0.185 e. The van der Waals surface area contributed by atoms with E-state index in [0.29, 0.717) is 18.4 Å². The van der Waals surface area contributed by atoms with E-state index in [2.05, 4.69) is 18.7 Å². The van der Waals surface area contributed by atoms with Crippen LogP contribution in [0.4, 0.5) is 0 Å². The van der Waals surface area contributed by atoms with Gasteiger partial charge in [0.05, 0.1) is 13.2 Å². The van der Waals surface area contributed by atoms with Crippen molar-refractivity contribution < 1.29 is 9.05 Å². The van der Waals surface area contributed by atoms with Gasteiger partial charge in [-0.2, -0.15) is 0 Å². The highest BCUT2D eigenvalue weighted by molar-refractivity contribution is 8.09. The highest BCUT2D eigenvalue weighted by Crippen LogP contribution is 2.46. The molecule has 2 rings (SSSR count). The van der Waals surface area contributed by atoms with E-state index in [1.54, 1.807) is 0 Å². The molecular formula is C15H30NO2PS. The van der Waals surface area contributed by atoms with Gasteiger partial charge in [0.25, 0.3) is 0 Å². The van der Waals surface area contributed by atoms with E-state index in [1.807, 2.05) is 6.66 Å². The predicted molar refractivity (Wildman–Crippen MR) is 88.9 cm³/mol. The Bertz CT molecular complexity index is 349. The second kappa shape index (κ2) is 7.69. The molecule has 0 radical (unpaired) electrons. The molecule has 3 unspecified atom stereocenters. The quantitative estimate of drug-likeness (QED) is 0.693. The fourth-order valence-electron chi connectivity index (χ4n) is 3.32. The van der Waals surface area contributed by atoms with E-state index in [9.17, 15) is 0 Å². The van der Waals surface area contributed by atoms with E-state index in [1.165, 1.54) is 45.2 Å². The third kappa shape index (κ3) is 5.06. The fraction of sp³-hybridized carbons (Fsp3) is 1.00. The summed E-state index contributed by atoms with van der Waals surface area (Å²) in [7, 11) is 0. The van der Waals surface area contributed by atoms with Crippen molar-refractivity contribution in [3.8, 4) is 0 Å². The molecule has 2 heterocycles. The highest BCUT2D eigenvalue weighted by atomic mass is 32.5. The Morgan fingerprint density at radius 3 is 2.65 bits per heavy atom. The maximum Gasteiger partial charge on any atom is 0.185 e. The molecule has 2 aliphatic rings. The van der Waals surface area contributed by atoms with Crippen molar-refractivity contribution in [2.75, 3.05) is 33.0 Å². The number of hydrogen-bond donors (Lipinski definition) is 0. The van der Waals surface area contributed by atoms with Crippen molar-refractivity contribution in [3.05, 3.63) is 0 Å². The van der Waals surface area contributed by atoms with Gasteiger partial charge in [0, 0.05) is 12.7 Å². The maximum atomic E-state index is 6.05. The first-order chi connectivity index (χ1) is 9.48. The Morgan fingerprint density at radius 1 is 1.15 bits per heavy atom. The van der Waals surface area contributed by atoms with Crippen molar-refractivity contribution in [2.24, 2.45) is 11.8 Å². The fourth-order valence-corrected chi connectivity index (χ4v) is 4.80. The van der Waals surface area contributed by atoms with Crippen molar-refractivity contribution in [1.82, 2.24) is 4.90 Å². The molecule has 0 N–H and O–H groups in total. The summed E-state index contributed by atoms with van der Waals surface area (Å²) in [6.07, 6.45) is 6.69. The number of nitrogens with zero attached hydrogens (tertiary/aromatic N) is 1. The van der Waals surface area contributed by atoms with E-state index in [0.717, 1.165) is 12.6 Å². The van der Waals surface area contributed by atoms with E-state index in [4.69, 9.17) is 20.9 Å². The molecule has 0 aromatic heterocycles. The first-order valence-corrected chi connectivity index (χ1v) is 11.2. The Labute approximate surface area is 129 Å². The average molecular weight is 319 g/mol. The van der Waals surface area contributed by atoms with Crippen molar-refractivity contribution >= 4 is 18.3 Å². The van der Waals surface area contributed by atoms with E-state index < -0.39 is 6.49 Å².